The Morgan fingerprint density at radius 1 is 0.782 bits per heavy atom. The van der Waals surface area contributed by atoms with Gasteiger partial charge in [0.25, 0.3) is 0 Å². The number of aromatic hydroxyl groups is 2. The number of methoxy groups -OCH3 is 1. The molecule has 12 heteroatoms. The number of hydrogen-bond donors (Lipinski definition) is 4. The molecule has 0 spiro atoms. The van der Waals surface area contributed by atoms with Gasteiger partial charge in [0.05, 0.1) is 18.6 Å². The van der Waals surface area contributed by atoms with Crippen molar-refractivity contribution in [2.45, 2.75) is 57.4 Å². The lowest BCUT2D eigenvalue weighted by Crippen LogP contribution is -2.39. The van der Waals surface area contributed by atoms with E-state index in [9.17, 15) is 28.5 Å². The van der Waals surface area contributed by atoms with Gasteiger partial charge in [-0.15, -0.1) is 0 Å². The summed E-state index contributed by atoms with van der Waals surface area (Å²) in [6.07, 6.45) is 2.78. The van der Waals surface area contributed by atoms with E-state index >= 15 is 0 Å². The van der Waals surface area contributed by atoms with Crippen molar-refractivity contribution < 1.29 is 42.7 Å². The van der Waals surface area contributed by atoms with Crippen LogP contribution in [0.2, 0.25) is 0 Å². The number of aliphatic hydroxyl groups excluding tert-OH is 1. The van der Waals surface area contributed by atoms with E-state index in [1.807, 2.05) is 26.8 Å². The predicted octanol–water partition coefficient (Wildman–Crippen LogP) is 7.11. The minimum Gasteiger partial charge on any atom is -0.508 e. The number of sulfonamides is 1. The fourth-order valence-electron chi connectivity index (χ4n) is 6.51. The molecule has 0 aliphatic rings. The highest BCUT2D eigenvalue weighted by atomic mass is 32.2. The zero-order chi connectivity index (χ0) is 39.7. The van der Waals surface area contributed by atoms with Gasteiger partial charge in [0.1, 0.15) is 40.2 Å². The number of nitrogens with zero attached hydrogens (tertiary/aromatic N) is 1. The Labute approximate surface area is 322 Å². The normalized spacial score (nSPS) is 11.9. The summed E-state index contributed by atoms with van der Waals surface area (Å²) < 4.78 is 47.8. The Morgan fingerprint density at radius 2 is 1.35 bits per heavy atom. The minimum absolute atomic E-state index is 0.0413. The van der Waals surface area contributed by atoms with E-state index in [4.69, 9.17) is 14.2 Å². The van der Waals surface area contributed by atoms with E-state index < -0.39 is 22.7 Å². The topological polar surface area (TPSA) is 155 Å². The first-order chi connectivity index (χ1) is 26.3. The summed E-state index contributed by atoms with van der Waals surface area (Å²) in [7, 11) is -0.762. The van der Waals surface area contributed by atoms with Crippen LogP contribution in [0.1, 0.15) is 45.4 Å². The number of carbonyl (C=O) groups excluding carboxylic acids is 1. The highest BCUT2D eigenvalue weighted by Crippen LogP contribution is 2.39. The maximum atomic E-state index is 13.5. The fourth-order valence-corrected chi connectivity index (χ4v) is 7.74. The zero-order valence-electron chi connectivity index (χ0n) is 31.7. The Bertz CT molecular complexity index is 2190. The molecule has 0 radical (unpaired) electrons. The van der Waals surface area contributed by atoms with E-state index in [-0.39, 0.29) is 22.8 Å². The molecule has 1 amide bonds. The molecule has 1 unspecified atom stereocenters. The molecule has 0 bridgehead atoms. The monoisotopic (exact) mass is 768 g/mol. The summed E-state index contributed by atoms with van der Waals surface area (Å²) in [5.74, 6) is 3.04. The Hall–Kier alpha value is -5.56. The van der Waals surface area contributed by atoms with Gasteiger partial charge < -0.3 is 34.4 Å². The molecule has 0 saturated carbocycles. The second kappa shape index (κ2) is 18.2. The van der Waals surface area contributed by atoms with Gasteiger partial charge in [0.15, 0.2) is 0 Å². The smallest absolute Gasteiger partial charge is 0.240 e. The number of carbonyl (C=O) groups is 1. The van der Waals surface area contributed by atoms with Gasteiger partial charge in [-0.2, -0.15) is 0 Å². The van der Waals surface area contributed by atoms with E-state index in [2.05, 4.69) is 16.9 Å². The Morgan fingerprint density at radius 3 is 1.91 bits per heavy atom. The summed E-state index contributed by atoms with van der Waals surface area (Å²) in [5, 5.41) is 30.3. The molecule has 5 aromatic rings. The highest BCUT2D eigenvalue weighted by Gasteiger charge is 2.25. The number of aryl methyl sites for hydroxylation is 3. The van der Waals surface area contributed by atoms with Gasteiger partial charge in [-0.25, -0.2) is 13.1 Å². The summed E-state index contributed by atoms with van der Waals surface area (Å²) >= 11 is 0. The van der Waals surface area contributed by atoms with Crippen molar-refractivity contribution in [2.75, 3.05) is 27.3 Å². The Balaban J connectivity index is 1.59. The third kappa shape index (κ3) is 10.6. The molecule has 1 atom stereocenters. The minimum atomic E-state index is -4.01. The van der Waals surface area contributed by atoms with E-state index in [1.165, 1.54) is 19.2 Å². The second-order valence-electron chi connectivity index (χ2n) is 13.6. The van der Waals surface area contributed by atoms with Gasteiger partial charge in [0, 0.05) is 26.1 Å². The molecule has 5 rings (SSSR count). The first kappa shape index (κ1) is 40.6. The van der Waals surface area contributed by atoms with Crippen molar-refractivity contribution in [3.05, 3.63) is 130 Å². The lowest BCUT2D eigenvalue weighted by Gasteiger charge is -2.24. The van der Waals surface area contributed by atoms with Crippen LogP contribution in [0.3, 0.4) is 0 Å². The number of aliphatic hydroxyl groups is 1. The SMILES string of the molecule is COc1ccc(S(=O)(=O)NC(CO)Cc2cc(C)c(Oc3ccc(O)cc3)c(C)c2Cc2cc(CCCN(C)C=O)cc(C)c2Oc2ccc(O)cc2)cc1. The third-order valence-electron chi connectivity index (χ3n) is 9.36. The van der Waals surface area contributed by atoms with Crippen LogP contribution < -0.4 is 18.9 Å². The van der Waals surface area contributed by atoms with Gasteiger partial charge in [-0.1, -0.05) is 18.2 Å². The molecule has 0 aromatic heterocycles. The van der Waals surface area contributed by atoms with Gasteiger partial charge in [-0.05, 0) is 152 Å². The number of rotatable bonds is 18. The summed E-state index contributed by atoms with van der Waals surface area (Å²) in [5.41, 5.74) is 6.06. The number of amides is 1. The molecule has 0 heterocycles. The van der Waals surface area contributed by atoms with Crippen molar-refractivity contribution in [2.24, 2.45) is 0 Å². The Kier molecular flexibility index (Phi) is 13.4. The molecule has 0 aliphatic heterocycles. The van der Waals surface area contributed by atoms with Gasteiger partial charge in [0.2, 0.25) is 16.4 Å². The lowest BCUT2D eigenvalue weighted by atomic mass is 9.88. The molecule has 0 fully saturated rings. The number of ether oxygens (including phenoxy) is 3. The predicted molar refractivity (Wildman–Crippen MR) is 211 cm³/mol. The second-order valence-corrected chi connectivity index (χ2v) is 15.3. The van der Waals surface area contributed by atoms with Crippen molar-refractivity contribution >= 4 is 16.4 Å². The number of phenolic OH excluding ortho intramolecular Hbond substituents is 2. The van der Waals surface area contributed by atoms with E-state index in [0.717, 1.165) is 51.8 Å². The number of nitrogens with one attached hydrogen (secondary N) is 1. The molecule has 5 aromatic carbocycles. The van der Waals surface area contributed by atoms with Crippen LogP contribution in [-0.2, 0) is 34.1 Å². The largest absolute Gasteiger partial charge is 0.508 e. The number of hydrogen-bond acceptors (Lipinski definition) is 9. The van der Waals surface area contributed by atoms with Crippen molar-refractivity contribution in [1.29, 1.82) is 0 Å². The first-order valence-corrected chi connectivity index (χ1v) is 19.4. The maximum absolute atomic E-state index is 13.5. The molecule has 55 heavy (non-hydrogen) atoms. The quantitative estimate of drug-likeness (QED) is 0.0683. The maximum Gasteiger partial charge on any atom is 0.240 e. The van der Waals surface area contributed by atoms with Crippen LogP contribution in [0.5, 0.6) is 40.2 Å². The number of benzene rings is 5. The van der Waals surface area contributed by atoms with E-state index in [0.29, 0.717) is 48.1 Å². The fraction of sp³-hybridized carbons (Fsp3) is 0.279. The van der Waals surface area contributed by atoms with Crippen LogP contribution in [0.4, 0.5) is 0 Å². The lowest BCUT2D eigenvalue weighted by molar-refractivity contribution is -0.117. The number of phenols is 2. The first-order valence-electron chi connectivity index (χ1n) is 17.9. The van der Waals surface area contributed by atoms with Crippen molar-refractivity contribution in [1.82, 2.24) is 9.62 Å². The van der Waals surface area contributed by atoms with Gasteiger partial charge in [-0.3, -0.25) is 4.79 Å². The summed E-state index contributed by atoms with van der Waals surface area (Å²) in [4.78, 5) is 12.9. The van der Waals surface area contributed by atoms with Crippen LogP contribution in [-0.4, -0.2) is 68.4 Å². The van der Waals surface area contributed by atoms with E-state index in [1.54, 1.807) is 72.6 Å². The zero-order valence-corrected chi connectivity index (χ0v) is 32.5. The van der Waals surface area contributed by atoms with Crippen LogP contribution in [0, 0.1) is 20.8 Å². The molecular formula is C43H48N2O9S. The molecule has 4 N–H and O–H groups in total. The summed E-state index contributed by atoms with van der Waals surface area (Å²) in [6, 6.07) is 24.2. The van der Waals surface area contributed by atoms with Crippen molar-refractivity contribution in [3.63, 3.8) is 0 Å². The van der Waals surface area contributed by atoms with Gasteiger partial charge >= 0.3 is 0 Å². The average Bonchev–Trinajstić information content (AvgIpc) is 3.17. The van der Waals surface area contributed by atoms with Crippen molar-refractivity contribution in [3.8, 4) is 40.2 Å². The molecule has 0 aliphatic carbocycles. The average molecular weight is 769 g/mol. The molecule has 290 valence electrons. The van der Waals surface area contributed by atoms with Crippen LogP contribution in [0.15, 0.2) is 95.9 Å². The standard InChI is InChI=1S/C43H48N2O9S/c1-28-21-31(7-6-20-45(4)27-47)23-33(43(28)54-39-14-10-36(49)11-15-39)25-41-30(3)42(53-38-12-8-35(48)9-13-38)29(2)22-32(41)24-34(26-46)44-55(50,51)40-18-16-37(52-5)17-19-40/h8-19,21-23,27,34,44,46,48-49H,6-7,20,24-26H2,1-5H3. The summed E-state index contributed by atoms with van der Waals surface area (Å²) in [6.45, 7) is 5.96. The molecule has 11 nitrogen and oxygen atoms in total. The highest BCUT2D eigenvalue weighted by molar-refractivity contribution is 7.89. The molecular weight excluding hydrogens is 721 g/mol. The molecule has 0 saturated heterocycles. The van der Waals surface area contributed by atoms with Crippen LogP contribution in [0.25, 0.3) is 0 Å². The third-order valence-corrected chi connectivity index (χ3v) is 10.9. The van der Waals surface area contributed by atoms with Crippen LogP contribution >= 0.6 is 0 Å².